The predicted octanol–water partition coefficient (Wildman–Crippen LogP) is 3.50. The summed E-state index contributed by atoms with van der Waals surface area (Å²) in [6.07, 6.45) is 3.57. The lowest BCUT2D eigenvalue weighted by atomic mass is 9.86. The highest BCUT2D eigenvalue weighted by Gasteiger charge is 2.33. The SMILES string of the molecule is Cc1nn(-c2ncnc3nc[nH]c23)c2c1[C@H](c1ccc(NC(=O)Cc3ccccc3)cc1)CC(=O)N2. The number of anilines is 2. The summed E-state index contributed by atoms with van der Waals surface area (Å²) in [5.41, 5.74) is 5.50. The van der Waals surface area contributed by atoms with Gasteiger partial charge in [-0.25, -0.2) is 15.0 Å². The molecule has 0 bridgehead atoms. The number of carbonyl (C=O) groups excluding carboxylic acids is 2. The van der Waals surface area contributed by atoms with E-state index in [4.69, 9.17) is 5.10 Å². The molecule has 0 radical (unpaired) electrons. The second kappa shape index (κ2) is 8.73. The van der Waals surface area contributed by atoms with Crippen molar-refractivity contribution >= 4 is 34.5 Å². The summed E-state index contributed by atoms with van der Waals surface area (Å²) in [5, 5.41) is 10.6. The number of H-pyrrole nitrogens is 1. The van der Waals surface area contributed by atoms with Crippen LogP contribution in [0, 0.1) is 6.92 Å². The third kappa shape index (κ3) is 3.88. The van der Waals surface area contributed by atoms with Gasteiger partial charge >= 0.3 is 0 Å². The van der Waals surface area contributed by atoms with Crippen molar-refractivity contribution in [3.8, 4) is 5.82 Å². The normalized spacial score (nSPS) is 14.9. The number of nitrogens with zero attached hydrogens (tertiary/aromatic N) is 5. The predicted molar refractivity (Wildman–Crippen MR) is 134 cm³/mol. The van der Waals surface area contributed by atoms with Crippen LogP contribution in [0.4, 0.5) is 11.5 Å². The third-order valence-electron chi connectivity index (χ3n) is 6.31. The van der Waals surface area contributed by atoms with Gasteiger partial charge in [-0.3, -0.25) is 9.59 Å². The molecule has 0 saturated carbocycles. The van der Waals surface area contributed by atoms with Crippen molar-refractivity contribution in [2.24, 2.45) is 0 Å². The Kier molecular flexibility index (Phi) is 5.25. The number of aryl methyl sites for hydroxylation is 1. The van der Waals surface area contributed by atoms with E-state index in [1.165, 1.54) is 6.33 Å². The molecule has 3 aromatic heterocycles. The van der Waals surface area contributed by atoms with Crippen molar-refractivity contribution < 1.29 is 9.59 Å². The second-order valence-electron chi connectivity index (χ2n) is 8.70. The Hall–Kier alpha value is -4.86. The van der Waals surface area contributed by atoms with Gasteiger partial charge in [0.2, 0.25) is 11.8 Å². The van der Waals surface area contributed by atoms with Crippen molar-refractivity contribution in [3.05, 3.63) is 89.6 Å². The van der Waals surface area contributed by atoms with E-state index in [2.05, 4.69) is 30.6 Å². The van der Waals surface area contributed by atoms with Gasteiger partial charge in [-0.2, -0.15) is 9.78 Å². The maximum atomic E-state index is 12.7. The summed E-state index contributed by atoms with van der Waals surface area (Å²) < 4.78 is 1.63. The molecule has 6 rings (SSSR count). The fourth-order valence-electron chi connectivity index (χ4n) is 4.68. The first-order chi connectivity index (χ1) is 17.6. The van der Waals surface area contributed by atoms with Gasteiger partial charge in [0, 0.05) is 23.6 Å². The third-order valence-corrected chi connectivity index (χ3v) is 6.31. The van der Waals surface area contributed by atoms with Gasteiger partial charge in [0.25, 0.3) is 0 Å². The van der Waals surface area contributed by atoms with Crippen LogP contribution in [0.25, 0.3) is 17.0 Å². The minimum Gasteiger partial charge on any atom is -0.340 e. The average Bonchev–Trinajstić information content (AvgIpc) is 3.49. The number of aromatic nitrogens is 6. The fraction of sp³-hybridized carbons (Fsp3) is 0.154. The minimum atomic E-state index is -0.185. The largest absolute Gasteiger partial charge is 0.340 e. The number of amides is 2. The van der Waals surface area contributed by atoms with Crippen molar-refractivity contribution in [1.29, 1.82) is 0 Å². The molecule has 36 heavy (non-hydrogen) atoms. The van der Waals surface area contributed by atoms with E-state index in [9.17, 15) is 9.59 Å². The van der Waals surface area contributed by atoms with Gasteiger partial charge < -0.3 is 15.6 Å². The lowest BCUT2D eigenvalue weighted by molar-refractivity contribution is -0.117. The quantitative estimate of drug-likeness (QED) is 0.354. The number of hydrogen-bond donors (Lipinski definition) is 3. The van der Waals surface area contributed by atoms with E-state index in [1.807, 2.05) is 61.5 Å². The Balaban J connectivity index is 1.29. The van der Waals surface area contributed by atoms with Crippen LogP contribution in [0.2, 0.25) is 0 Å². The smallest absolute Gasteiger partial charge is 0.228 e. The number of benzene rings is 2. The minimum absolute atomic E-state index is 0.0830. The van der Waals surface area contributed by atoms with E-state index in [0.717, 1.165) is 22.4 Å². The van der Waals surface area contributed by atoms with E-state index in [-0.39, 0.29) is 17.7 Å². The first-order valence-electron chi connectivity index (χ1n) is 11.5. The lowest BCUT2D eigenvalue weighted by Gasteiger charge is -2.24. The van der Waals surface area contributed by atoms with Gasteiger partial charge in [0.05, 0.1) is 18.4 Å². The molecule has 1 aliphatic rings. The summed E-state index contributed by atoms with van der Waals surface area (Å²) in [6, 6.07) is 17.2. The van der Waals surface area contributed by atoms with Gasteiger partial charge in [-0.15, -0.1) is 0 Å². The molecule has 2 aromatic carbocycles. The molecular formula is C26H22N8O2. The highest BCUT2D eigenvalue weighted by Crippen LogP contribution is 2.40. The summed E-state index contributed by atoms with van der Waals surface area (Å²) in [6.45, 7) is 1.92. The van der Waals surface area contributed by atoms with Gasteiger partial charge in [0.15, 0.2) is 11.5 Å². The molecule has 4 heterocycles. The monoisotopic (exact) mass is 478 g/mol. The molecular weight excluding hydrogens is 456 g/mol. The summed E-state index contributed by atoms with van der Waals surface area (Å²) in [5.74, 6) is 0.725. The van der Waals surface area contributed by atoms with Gasteiger partial charge in [-0.05, 0) is 30.2 Å². The maximum absolute atomic E-state index is 12.7. The van der Waals surface area contributed by atoms with Gasteiger partial charge in [0.1, 0.15) is 17.7 Å². The number of fused-ring (bicyclic) bond motifs is 2. The lowest BCUT2D eigenvalue weighted by Crippen LogP contribution is -2.25. The van der Waals surface area contributed by atoms with Crippen LogP contribution < -0.4 is 10.6 Å². The number of carbonyl (C=O) groups is 2. The number of rotatable bonds is 5. The average molecular weight is 479 g/mol. The second-order valence-corrected chi connectivity index (χ2v) is 8.70. The molecule has 1 aliphatic heterocycles. The molecule has 0 unspecified atom stereocenters. The fourth-order valence-corrected chi connectivity index (χ4v) is 4.68. The van der Waals surface area contributed by atoms with Crippen LogP contribution in [0.1, 0.15) is 34.7 Å². The molecule has 0 aliphatic carbocycles. The first-order valence-corrected chi connectivity index (χ1v) is 11.5. The zero-order valence-electron chi connectivity index (χ0n) is 19.4. The maximum Gasteiger partial charge on any atom is 0.228 e. The molecule has 178 valence electrons. The van der Waals surface area contributed by atoms with Crippen LogP contribution in [-0.4, -0.2) is 41.5 Å². The number of imidazole rings is 1. The summed E-state index contributed by atoms with van der Waals surface area (Å²) >= 11 is 0. The highest BCUT2D eigenvalue weighted by molar-refractivity contribution is 5.96. The molecule has 5 aromatic rings. The number of hydrogen-bond acceptors (Lipinski definition) is 6. The van der Waals surface area contributed by atoms with E-state index >= 15 is 0 Å². The Morgan fingerprint density at radius 3 is 2.69 bits per heavy atom. The molecule has 0 fully saturated rings. The van der Waals surface area contributed by atoms with Crippen LogP contribution in [0.5, 0.6) is 0 Å². The van der Waals surface area contributed by atoms with Crippen molar-refractivity contribution in [2.75, 3.05) is 10.6 Å². The topological polar surface area (TPSA) is 130 Å². The van der Waals surface area contributed by atoms with Crippen molar-refractivity contribution in [1.82, 2.24) is 29.7 Å². The molecule has 2 amide bonds. The zero-order valence-corrected chi connectivity index (χ0v) is 19.4. The number of nitrogens with one attached hydrogen (secondary N) is 3. The first kappa shape index (κ1) is 21.7. The molecule has 10 nitrogen and oxygen atoms in total. The van der Waals surface area contributed by atoms with E-state index < -0.39 is 0 Å². The highest BCUT2D eigenvalue weighted by atomic mass is 16.2. The van der Waals surface area contributed by atoms with Crippen molar-refractivity contribution in [2.45, 2.75) is 25.7 Å². The molecule has 0 saturated heterocycles. The van der Waals surface area contributed by atoms with Crippen LogP contribution in [0.15, 0.2) is 67.3 Å². The Morgan fingerprint density at radius 1 is 1.08 bits per heavy atom. The Morgan fingerprint density at radius 2 is 1.89 bits per heavy atom. The number of aromatic amines is 1. The molecule has 1 atom stereocenters. The van der Waals surface area contributed by atoms with E-state index in [1.54, 1.807) is 11.0 Å². The van der Waals surface area contributed by atoms with Gasteiger partial charge in [-0.1, -0.05) is 42.5 Å². The molecule has 3 N–H and O–H groups in total. The van der Waals surface area contributed by atoms with Crippen LogP contribution in [-0.2, 0) is 16.0 Å². The standard InChI is InChI=1S/C26H22N8O2/c1-15-22-19(17-7-9-18(10-8-17)31-20(35)11-16-5-3-2-4-6-16)12-21(36)32-25(22)34(33-15)26-23-24(28-13-27-23)29-14-30-26/h2-10,13-14,19H,11-12H2,1H3,(H,31,35)(H,32,36)(H,27,28,29,30)/t19-/m0/s1. The molecule has 0 spiro atoms. The summed E-state index contributed by atoms with van der Waals surface area (Å²) in [4.78, 5) is 41.0. The Labute approximate surface area is 205 Å². The Bertz CT molecular complexity index is 1590. The van der Waals surface area contributed by atoms with Crippen molar-refractivity contribution in [3.63, 3.8) is 0 Å². The van der Waals surface area contributed by atoms with Crippen LogP contribution >= 0.6 is 0 Å². The van der Waals surface area contributed by atoms with E-state index in [0.29, 0.717) is 41.3 Å². The molecule has 10 heteroatoms. The zero-order chi connectivity index (χ0) is 24.6. The summed E-state index contributed by atoms with van der Waals surface area (Å²) in [7, 11) is 0. The van der Waals surface area contributed by atoms with Crippen LogP contribution in [0.3, 0.4) is 0 Å².